The molecule has 2 aromatic heterocycles. The van der Waals surface area contributed by atoms with Crippen molar-refractivity contribution in [2.75, 3.05) is 5.73 Å². The van der Waals surface area contributed by atoms with Crippen LogP contribution in [0.3, 0.4) is 0 Å². The summed E-state index contributed by atoms with van der Waals surface area (Å²) >= 11 is 0. The molecule has 84 valence electrons. The van der Waals surface area contributed by atoms with Gasteiger partial charge in [-0.05, 0) is 22.1 Å². The number of hydrogen-bond acceptors (Lipinski definition) is 7. The fraction of sp³-hybridized carbons (Fsp3) is 0.556. The van der Waals surface area contributed by atoms with E-state index in [4.69, 9.17) is 10.3 Å². The smallest absolute Gasteiger partial charge is 0.284 e. The van der Waals surface area contributed by atoms with Crippen molar-refractivity contribution in [1.29, 1.82) is 0 Å². The summed E-state index contributed by atoms with van der Waals surface area (Å²) in [5.41, 5.74) is 6.09. The minimum absolute atomic E-state index is 0.158. The monoisotopic (exact) mass is 221 g/mol. The van der Waals surface area contributed by atoms with Gasteiger partial charge in [0.05, 0.1) is 0 Å². The van der Waals surface area contributed by atoms with Crippen molar-refractivity contribution in [2.24, 2.45) is 5.41 Å². The lowest BCUT2D eigenvalue weighted by Gasteiger charge is -1.95. The topological polar surface area (TPSA) is 104 Å². The SMILES string of the molecule is CC1(C)CC1c1noc(-c2nonc2N)n1. The van der Waals surface area contributed by atoms with E-state index in [0.717, 1.165) is 6.42 Å². The van der Waals surface area contributed by atoms with Crippen LogP contribution in [0.4, 0.5) is 5.82 Å². The number of anilines is 1. The summed E-state index contributed by atoms with van der Waals surface area (Å²) in [4.78, 5) is 4.25. The van der Waals surface area contributed by atoms with E-state index in [-0.39, 0.29) is 17.1 Å². The Labute approximate surface area is 91.0 Å². The first-order valence-electron chi connectivity index (χ1n) is 5.00. The summed E-state index contributed by atoms with van der Waals surface area (Å²) < 4.78 is 9.55. The van der Waals surface area contributed by atoms with Crippen LogP contribution in [0.5, 0.6) is 0 Å². The van der Waals surface area contributed by atoms with Gasteiger partial charge in [-0.3, -0.25) is 0 Å². The molecule has 7 heteroatoms. The number of aromatic nitrogens is 4. The Kier molecular flexibility index (Phi) is 1.63. The number of hydrogen-bond donors (Lipinski definition) is 1. The lowest BCUT2D eigenvalue weighted by Crippen LogP contribution is -1.92. The van der Waals surface area contributed by atoms with Gasteiger partial charge in [0.25, 0.3) is 5.89 Å². The normalized spacial score (nSPS) is 22.2. The molecule has 1 fully saturated rings. The zero-order chi connectivity index (χ0) is 11.3. The van der Waals surface area contributed by atoms with Crippen molar-refractivity contribution < 1.29 is 9.15 Å². The van der Waals surface area contributed by atoms with E-state index < -0.39 is 0 Å². The van der Waals surface area contributed by atoms with Crippen LogP contribution >= 0.6 is 0 Å². The Bertz CT molecular complexity index is 529. The molecule has 1 unspecified atom stereocenters. The first kappa shape index (κ1) is 9.32. The molecule has 7 nitrogen and oxygen atoms in total. The highest BCUT2D eigenvalue weighted by molar-refractivity contribution is 5.60. The highest BCUT2D eigenvalue weighted by Gasteiger charge is 2.49. The standard InChI is InChI=1S/C9H11N5O2/c1-9(2)3-4(9)7-11-8(15-14-7)5-6(10)13-16-12-5/h4H,3H2,1-2H3,(H2,10,13). The number of nitrogens with zero attached hydrogens (tertiary/aromatic N) is 4. The maximum atomic E-state index is 5.53. The second-order valence-corrected chi connectivity index (χ2v) is 4.70. The van der Waals surface area contributed by atoms with Crippen molar-refractivity contribution in [2.45, 2.75) is 26.2 Å². The third kappa shape index (κ3) is 1.28. The largest absolute Gasteiger partial charge is 0.379 e. The van der Waals surface area contributed by atoms with Gasteiger partial charge in [0.2, 0.25) is 11.5 Å². The van der Waals surface area contributed by atoms with Crippen molar-refractivity contribution >= 4 is 5.82 Å². The first-order chi connectivity index (χ1) is 7.58. The molecule has 2 heterocycles. The molecule has 2 N–H and O–H groups in total. The molecule has 1 saturated carbocycles. The average molecular weight is 221 g/mol. The molecule has 3 rings (SSSR count). The van der Waals surface area contributed by atoms with Gasteiger partial charge in [0.1, 0.15) is 0 Å². The quantitative estimate of drug-likeness (QED) is 0.812. The van der Waals surface area contributed by atoms with Crippen LogP contribution in [0.1, 0.15) is 32.0 Å². The fourth-order valence-electron chi connectivity index (χ4n) is 1.72. The lowest BCUT2D eigenvalue weighted by atomic mass is 10.1. The Hall–Kier alpha value is -1.92. The Morgan fingerprint density at radius 1 is 1.31 bits per heavy atom. The van der Waals surface area contributed by atoms with E-state index in [1.807, 2.05) is 0 Å². The number of nitrogens with two attached hydrogens (primary N) is 1. The van der Waals surface area contributed by atoms with Crippen molar-refractivity contribution in [3.63, 3.8) is 0 Å². The molecule has 0 saturated heterocycles. The molecular formula is C9H11N5O2. The highest BCUT2D eigenvalue weighted by atomic mass is 16.6. The lowest BCUT2D eigenvalue weighted by molar-refractivity contribution is 0.308. The van der Waals surface area contributed by atoms with Gasteiger partial charge < -0.3 is 10.3 Å². The van der Waals surface area contributed by atoms with E-state index in [1.165, 1.54) is 0 Å². The Balaban J connectivity index is 1.92. The molecule has 0 spiro atoms. The molecule has 1 atom stereocenters. The molecule has 2 aromatic rings. The third-order valence-corrected chi connectivity index (χ3v) is 2.98. The van der Waals surface area contributed by atoms with Crippen LogP contribution in [0, 0.1) is 5.41 Å². The predicted octanol–water partition coefficient (Wildman–Crippen LogP) is 1.22. The van der Waals surface area contributed by atoms with E-state index >= 15 is 0 Å². The maximum absolute atomic E-state index is 5.53. The van der Waals surface area contributed by atoms with Gasteiger partial charge in [-0.1, -0.05) is 19.0 Å². The van der Waals surface area contributed by atoms with Crippen molar-refractivity contribution in [3.8, 4) is 11.6 Å². The van der Waals surface area contributed by atoms with Crippen LogP contribution < -0.4 is 5.73 Å². The fourth-order valence-corrected chi connectivity index (χ4v) is 1.72. The molecule has 0 radical (unpaired) electrons. The molecule has 0 bridgehead atoms. The van der Waals surface area contributed by atoms with E-state index in [1.54, 1.807) is 0 Å². The molecular weight excluding hydrogens is 210 g/mol. The summed E-state index contributed by atoms with van der Waals surface area (Å²) in [5, 5.41) is 11.0. The van der Waals surface area contributed by atoms with Gasteiger partial charge >= 0.3 is 0 Å². The van der Waals surface area contributed by atoms with Crippen LogP contribution in [-0.4, -0.2) is 20.5 Å². The number of nitrogen functional groups attached to an aromatic ring is 1. The highest BCUT2D eigenvalue weighted by Crippen LogP contribution is 2.57. The summed E-state index contributed by atoms with van der Waals surface area (Å²) in [6.07, 6.45) is 1.07. The zero-order valence-corrected chi connectivity index (χ0v) is 8.97. The summed E-state index contributed by atoms with van der Waals surface area (Å²) in [7, 11) is 0. The van der Waals surface area contributed by atoms with Crippen LogP contribution in [0.15, 0.2) is 9.15 Å². The molecule has 16 heavy (non-hydrogen) atoms. The Morgan fingerprint density at radius 3 is 2.62 bits per heavy atom. The van der Waals surface area contributed by atoms with Crippen LogP contribution in [0.25, 0.3) is 11.6 Å². The molecule has 0 aromatic carbocycles. The van der Waals surface area contributed by atoms with Gasteiger partial charge in [-0.25, -0.2) is 4.63 Å². The second kappa shape index (κ2) is 2.81. The minimum Gasteiger partial charge on any atom is -0.379 e. The molecule has 1 aliphatic rings. The second-order valence-electron chi connectivity index (χ2n) is 4.70. The summed E-state index contributed by atoms with van der Waals surface area (Å²) in [6, 6.07) is 0. The summed E-state index contributed by atoms with van der Waals surface area (Å²) in [5.74, 6) is 1.47. The van der Waals surface area contributed by atoms with Crippen molar-refractivity contribution in [3.05, 3.63) is 5.82 Å². The van der Waals surface area contributed by atoms with Crippen LogP contribution in [-0.2, 0) is 0 Å². The molecule has 0 amide bonds. The minimum atomic E-state index is 0.158. The van der Waals surface area contributed by atoms with E-state index in [0.29, 0.717) is 17.4 Å². The van der Waals surface area contributed by atoms with Crippen LogP contribution in [0.2, 0.25) is 0 Å². The number of rotatable bonds is 2. The van der Waals surface area contributed by atoms with Gasteiger partial charge in [0.15, 0.2) is 5.82 Å². The summed E-state index contributed by atoms with van der Waals surface area (Å²) in [6.45, 7) is 4.33. The molecule has 0 aliphatic heterocycles. The third-order valence-electron chi connectivity index (χ3n) is 2.98. The van der Waals surface area contributed by atoms with Gasteiger partial charge in [-0.15, -0.1) is 0 Å². The molecule has 1 aliphatic carbocycles. The predicted molar refractivity (Wildman–Crippen MR) is 53.1 cm³/mol. The Morgan fingerprint density at radius 2 is 2.06 bits per heavy atom. The van der Waals surface area contributed by atoms with E-state index in [9.17, 15) is 0 Å². The van der Waals surface area contributed by atoms with E-state index in [2.05, 4.69) is 38.9 Å². The first-order valence-corrected chi connectivity index (χ1v) is 5.00. The van der Waals surface area contributed by atoms with Gasteiger partial charge in [-0.2, -0.15) is 4.98 Å². The average Bonchev–Trinajstić information content (AvgIpc) is 2.67. The van der Waals surface area contributed by atoms with Crippen molar-refractivity contribution in [1.82, 2.24) is 20.5 Å². The maximum Gasteiger partial charge on any atom is 0.284 e. The zero-order valence-electron chi connectivity index (χ0n) is 8.97. The van der Waals surface area contributed by atoms with Gasteiger partial charge in [0, 0.05) is 5.92 Å².